The van der Waals surface area contributed by atoms with Crippen LogP contribution >= 0.6 is 0 Å². The summed E-state index contributed by atoms with van der Waals surface area (Å²) in [5, 5.41) is 17.2. The SMILES string of the molecule is [B]C(C)(O)N1C(=C)N(CC2CC2)c2cc(NC)c3c(c21)C(=C)NC3. The van der Waals surface area contributed by atoms with Gasteiger partial charge in [0.25, 0.3) is 0 Å². The van der Waals surface area contributed by atoms with Crippen molar-refractivity contribution < 1.29 is 5.11 Å². The van der Waals surface area contributed by atoms with Crippen LogP contribution < -0.4 is 20.4 Å². The van der Waals surface area contributed by atoms with Gasteiger partial charge in [-0.05, 0) is 31.7 Å². The monoisotopic (exact) mass is 322 g/mol. The Morgan fingerprint density at radius 2 is 2.17 bits per heavy atom. The molecule has 1 fully saturated rings. The molecule has 0 saturated heterocycles. The lowest BCUT2D eigenvalue weighted by Crippen LogP contribution is -2.47. The standard InChI is InChI=1S/C18H23BN4O/c1-10-16-13(8-21-10)14(20-4)7-15-17(16)23(18(3,19)24)11(2)22(15)9-12-5-6-12/h7,12,20-21,24H,1-2,5-6,8-9H2,3-4H3. The van der Waals surface area contributed by atoms with Gasteiger partial charge in [-0.3, -0.25) is 0 Å². The average molecular weight is 322 g/mol. The number of nitrogens with zero attached hydrogens (tertiary/aromatic N) is 2. The van der Waals surface area contributed by atoms with Gasteiger partial charge in [0.1, 0.15) is 13.7 Å². The van der Waals surface area contributed by atoms with Crippen LogP contribution in [-0.4, -0.2) is 32.2 Å². The fraction of sp³-hybridized carbons (Fsp3) is 0.444. The Morgan fingerprint density at radius 3 is 2.75 bits per heavy atom. The second-order valence-electron chi connectivity index (χ2n) is 7.13. The number of benzene rings is 1. The molecule has 2 aliphatic heterocycles. The Labute approximate surface area is 144 Å². The molecule has 2 radical (unpaired) electrons. The summed E-state index contributed by atoms with van der Waals surface area (Å²) >= 11 is 0. The van der Waals surface area contributed by atoms with Crippen molar-refractivity contribution in [1.82, 2.24) is 5.32 Å². The lowest BCUT2D eigenvalue weighted by molar-refractivity contribution is 0.151. The Hall–Kier alpha value is -2.08. The van der Waals surface area contributed by atoms with Gasteiger partial charge in [0.05, 0.1) is 17.0 Å². The first-order valence-corrected chi connectivity index (χ1v) is 8.41. The van der Waals surface area contributed by atoms with Gasteiger partial charge < -0.3 is 25.5 Å². The van der Waals surface area contributed by atoms with Crippen molar-refractivity contribution in [3.05, 3.63) is 36.2 Å². The number of anilines is 3. The van der Waals surface area contributed by atoms with Crippen LogP contribution in [0, 0.1) is 5.92 Å². The summed E-state index contributed by atoms with van der Waals surface area (Å²) in [6.07, 6.45) is 2.49. The van der Waals surface area contributed by atoms with E-state index in [0.29, 0.717) is 12.5 Å². The van der Waals surface area contributed by atoms with Crippen molar-refractivity contribution in [3.63, 3.8) is 0 Å². The van der Waals surface area contributed by atoms with Crippen molar-refractivity contribution in [2.24, 2.45) is 5.92 Å². The van der Waals surface area contributed by atoms with Crippen molar-refractivity contribution in [1.29, 1.82) is 0 Å². The first-order valence-electron chi connectivity index (χ1n) is 8.41. The number of hydrogen-bond donors (Lipinski definition) is 3. The number of nitrogens with one attached hydrogen (secondary N) is 2. The minimum Gasteiger partial charge on any atom is -0.388 e. The number of hydrogen-bond acceptors (Lipinski definition) is 5. The minimum atomic E-state index is -1.53. The third kappa shape index (κ3) is 2.13. The molecule has 1 atom stereocenters. The first-order chi connectivity index (χ1) is 11.3. The predicted molar refractivity (Wildman–Crippen MR) is 99.9 cm³/mol. The molecule has 1 aromatic rings. The highest BCUT2D eigenvalue weighted by Gasteiger charge is 2.43. The van der Waals surface area contributed by atoms with E-state index in [9.17, 15) is 5.11 Å². The fourth-order valence-electron chi connectivity index (χ4n) is 3.78. The van der Waals surface area contributed by atoms with E-state index in [2.05, 4.69) is 34.8 Å². The zero-order chi connectivity index (χ0) is 17.2. The lowest BCUT2D eigenvalue weighted by atomic mass is 9.90. The Bertz CT molecular complexity index is 748. The molecular formula is C18H23BN4O. The van der Waals surface area contributed by atoms with Crippen LogP contribution in [0.15, 0.2) is 25.0 Å². The molecule has 124 valence electrons. The second-order valence-corrected chi connectivity index (χ2v) is 7.13. The summed E-state index contributed by atoms with van der Waals surface area (Å²) in [5.41, 5.74) is 4.50. The maximum atomic E-state index is 10.6. The molecule has 3 N–H and O–H groups in total. The van der Waals surface area contributed by atoms with Gasteiger partial charge in [-0.1, -0.05) is 13.2 Å². The van der Waals surface area contributed by atoms with E-state index in [-0.39, 0.29) is 0 Å². The molecule has 0 bridgehead atoms. The van der Waals surface area contributed by atoms with Gasteiger partial charge in [0.2, 0.25) is 0 Å². The normalized spacial score (nSPS) is 21.5. The van der Waals surface area contributed by atoms with Crippen LogP contribution in [0.25, 0.3) is 5.70 Å². The Balaban J connectivity index is 1.95. The predicted octanol–water partition coefficient (Wildman–Crippen LogP) is 2.14. The molecule has 4 rings (SSSR count). The highest BCUT2D eigenvalue weighted by atomic mass is 16.3. The molecule has 5 nitrogen and oxygen atoms in total. The maximum absolute atomic E-state index is 10.6. The van der Waals surface area contributed by atoms with Crippen LogP contribution in [0.2, 0.25) is 0 Å². The quantitative estimate of drug-likeness (QED) is 0.742. The van der Waals surface area contributed by atoms with Gasteiger partial charge in [0.15, 0.2) is 0 Å². The van der Waals surface area contributed by atoms with Crippen LogP contribution in [0.5, 0.6) is 0 Å². The topological polar surface area (TPSA) is 50.8 Å². The van der Waals surface area contributed by atoms with E-state index >= 15 is 0 Å². The smallest absolute Gasteiger partial charge is 0.144 e. The number of rotatable bonds is 4. The molecule has 1 saturated carbocycles. The van der Waals surface area contributed by atoms with Crippen LogP contribution in [0.3, 0.4) is 0 Å². The summed E-state index contributed by atoms with van der Waals surface area (Å²) in [6, 6.07) is 2.13. The number of aliphatic hydroxyl groups is 1. The molecule has 3 aliphatic rings. The maximum Gasteiger partial charge on any atom is 0.144 e. The van der Waals surface area contributed by atoms with Crippen molar-refractivity contribution in [2.75, 3.05) is 28.7 Å². The van der Waals surface area contributed by atoms with E-state index in [1.165, 1.54) is 12.8 Å². The molecule has 0 aromatic heterocycles. The van der Waals surface area contributed by atoms with E-state index in [1.54, 1.807) is 11.8 Å². The molecule has 24 heavy (non-hydrogen) atoms. The zero-order valence-corrected chi connectivity index (χ0v) is 14.3. The van der Waals surface area contributed by atoms with Crippen LogP contribution in [-0.2, 0) is 6.54 Å². The first kappa shape index (κ1) is 15.5. The third-order valence-electron chi connectivity index (χ3n) is 5.11. The summed E-state index contributed by atoms with van der Waals surface area (Å²) in [7, 11) is 8.02. The Morgan fingerprint density at radius 1 is 1.46 bits per heavy atom. The summed E-state index contributed by atoms with van der Waals surface area (Å²) in [4.78, 5) is 3.92. The summed E-state index contributed by atoms with van der Waals surface area (Å²) < 4.78 is 0. The lowest BCUT2D eigenvalue weighted by Gasteiger charge is -2.35. The summed E-state index contributed by atoms with van der Waals surface area (Å²) in [6.45, 7) is 11.6. The van der Waals surface area contributed by atoms with Gasteiger partial charge in [-0.15, -0.1) is 0 Å². The highest BCUT2D eigenvalue weighted by Crippen LogP contribution is 2.53. The van der Waals surface area contributed by atoms with Crippen LogP contribution in [0.4, 0.5) is 17.1 Å². The van der Waals surface area contributed by atoms with Gasteiger partial charge in [-0.25, -0.2) is 0 Å². The molecule has 1 aliphatic carbocycles. The van der Waals surface area contributed by atoms with E-state index < -0.39 is 5.62 Å². The van der Waals surface area contributed by atoms with E-state index in [0.717, 1.165) is 46.3 Å². The van der Waals surface area contributed by atoms with Gasteiger partial charge in [0, 0.05) is 42.6 Å². The van der Waals surface area contributed by atoms with Gasteiger partial charge >= 0.3 is 0 Å². The Kier molecular flexibility index (Phi) is 3.19. The molecule has 2 heterocycles. The minimum absolute atomic E-state index is 0.685. The molecule has 6 heteroatoms. The largest absolute Gasteiger partial charge is 0.388 e. The molecule has 1 aromatic carbocycles. The summed E-state index contributed by atoms with van der Waals surface area (Å²) in [5.74, 6) is 1.41. The van der Waals surface area contributed by atoms with Crippen molar-refractivity contribution in [3.8, 4) is 0 Å². The van der Waals surface area contributed by atoms with E-state index in [4.69, 9.17) is 7.85 Å². The average Bonchev–Trinajstić information content (AvgIpc) is 3.18. The van der Waals surface area contributed by atoms with Crippen LogP contribution in [0.1, 0.15) is 30.9 Å². The van der Waals surface area contributed by atoms with Crippen molar-refractivity contribution >= 4 is 30.6 Å². The second kappa shape index (κ2) is 4.96. The molecule has 0 amide bonds. The fourth-order valence-corrected chi connectivity index (χ4v) is 3.78. The molecular weight excluding hydrogens is 299 g/mol. The number of fused-ring (bicyclic) bond motifs is 3. The van der Waals surface area contributed by atoms with Crippen molar-refractivity contribution in [2.45, 2.75) is 31.9 Å². The van der Waals surface area contributed by atoms with Gasteiger partial charge in [-0.2, -0.15) is 0 Å². The molecule has 0 spiro atoms. The van der Waals surface area contributed by atoms with E-state index in [1.807, 2.05) is 7.05 Å². The highest BCUT2D eigenvalue weighted by molar-refractivity contribution is 6.17. The zero-order valence-electron chi connectivity index (χ0n) is 14.3. The third-order valence-corrected chi connectivity index (χ3v) is 5.11. The molecule has 1 unspecified atom stereocenters.